The Morgan fingerprint density at radius 2 is 1.67 bits per heavy atom. The molecule has 1 N–H and O–H groups in total. The number of nitrogens with one attached hydrogen (secondary N) is 1. The Morgan fingerprint density at radius 3 is 2.38 bits per heavy atom. The van der Waals surface area contributed by atoms with Crippen LogP contribution in [0.5, 0.6) is 5.75 Å². The molecule has 0 aliphatic carbocycles. The molecule has 0 aromatic heterocycles. The van der Waals surface area contributed by atoms with Crippen LogP contribution in [0.25, 0.3) is 10.8 Å². The summed E-state index contributed by atoms with van der Waals surface area (Å²) in [6.07, 6.45) is -0.517. The maximum atomic E-state index is 12.2. The van der Waals surface area contributed by atoms with E-state index in [1.165, 1.54) is 0 Å². The van der Waals surface area contributed by atoms with Crippen molar-refractivity contribution < 1.29 is 9.53 Å². The third kappa shape index (κ3) is 3.75. The van der Waals surface area contributed by atoms with E-state index in [9.17, 15) is 4.79 Å². The van der Waals surface area contributed by atoms with E-state index in [4.69, 9.17) is 4.74 Å². The number of fused-ring (bicyclic) bond motifs is 1. The third-order valence-electron chi connectivity index (χ3n) is 3.79. The summed E-state index contributed by atoms with van der Waals surface area (Å²) in [5.74, 6) is 1.07. The maximum Gasteiger partial charge on any atom is 0.260 e. The van der Waals surface area contributed by atoms with Gasteiger partial charge >= 0.3 is 0 Å². The number of ether oxygens (including phenoxy) is 1. The lowest BCUT2D eigenvalue weighted by Crippen LogP contribution is -2.43. The lowest BCUT2D eigenvalue weighted by Gasteiger charge is -2.21. The second kappa shape index (κ2) is 6.61. The second-order valence-corrected chi connectivity index (χ2v) is 5.78. The molecule has 0 aliphatic heterocycles. The van der Waals surface area contributed by atoms with E-state index in [1.807, 2.05) is 49.4 Å². The van der Waals surface area contributed by atoms with Crippen LogP contribution < -0.4 is 10.1 Å². The summed E-state index contributed by atoms with van der Waals surface area (Å²) in [5, 5.41) is 5.12. The topological polar surface area (TPSA) is 38.3 Å². The lowest BCUT2D eigenvalue weighted by atomic mass is 10.1. The number of hydrogen-bond donors (Lipinski definition) is 1. The minimum atomic E-state index is -0.517. The Bertz CT molecular complexity index is 616. The standard InChI is InChI=1S/C18H23NO2/c1-12(2)13(3)19-18(20)14(4)21-17-11-7-9-15-8-5-6-10-16(15)17/h5-14H,1-4H3,(H,19,20). The largest absolute Gasteiger partial charge is 0.480 e. The zero-order valence-electron chi connectivity index (χ0n) is 13.1. The molecule has 0 radical (unpaired) electrons. The molecule has 2 atom stereocenters. The molecule has 0 bridgehead atoms. The predicted molar refractivity (Wildman–Crippen MR) is 86.5 cm³/mol. The summed E-state index contributed by atoms with van der Waals surface area (Å²) >= 11 is 0. The highest BCUT2D eigenvalue weighted by Crippen LogP contribution is 2.26. The first-order valence-electron chi connectivity index (χ1n) is 7.44. The van der Waals surface area contributed by atoms with Gasteiger partial charge in [0, 0.05) is 11.4 Å². The summed E-state index contributed by atoms with van der Waals surface area (Å²) < 4.78 is 5.86. The Morgan fingerprint density at radius 1 is 1.00 bits per heavy atom. The molecule has 3 heteroatoms. The summed E-state index contributed by atoms with van der Waals surface area (Å²) in [5.41, 5.74) is 0. The van der Waals surface area contributed by atoms with Gasteiger partial charge in [0.15, 0.2) is 6.10 Å². The van der Waals surface area contributed by atoms with Crippen LogP contribution in [0.4, 0.5) is 0 Å². The minimum Gasteiger partial charge on any atom is -0.480 e. The molecule has 2 aromatic carbocycles. The van der Waals surface area contributed by atoms with Crippen LogP contribution in [-0.4, -0.2) is 18.1 Å². The van der Waals surface area contributed by atoms with Crippen molar-refractivity contribution in [2.45, 2.75) is 39.8 Å². The molecule has 1 amide bonds. The maximum absolute atomic E-state index is 12.2. The van der Waals surface area contributed by atoms with E-state index in [2.05, 4.69) is 19.2 Å². The van der Waals surface area contributed by atoms with Crippen molar-refractivity contribution in [3.05, 3.63) is 42.5 Å². The van der Waals surface area contributed by atoms with Crippen LogP contribution in [0.15, 0.2) is 42.5 Å². The average molecular weight is 285 g/mol. The first kappa shape index (κ1) is 15.4. The SMILES string of the molecule is CC(Oc1cccc2ccccc12)C(=O)NC(C)C(C)C. The highest BCUT2D eigenvalue weighted by Gasteiger charge is 2.18. The van der Waals surface area contributed by atoms with Crippen LogP contribution in [0.2, 0.25) is 0 Å². The molecule has 0 aliphatic rings. The van der Waals surface area contributed by atoms with Gasteiger partial charge in [0.25, 0.3) is 5.91 Å². The molecule has 0 spiro atoms. The molecule has 0 saturated carbocycles. The smallest absolute Gasteiger partial charge is 0.260 e. The first-order chi connectivity index (χ1) is 9.99. The van der Waals surface area contributed by atoms with E-state index < -0.39 is 6.10 Å². The van der Waals surface area contributed by atoms with Gasteiger partial charge in [-0.05, 0) is 31.2 Å². The lowest BCUT2D eigenvalue weighted by molar-refractivity contribution is -0.128. The number of amides is 1. The van der Waals surface area contributed by atoms with Crippen LogP contribution in [-0.2, 0) is 4.79 Å². The fourth-order valence-electron chi connectivity index (χ4n) is 2.05. The summed E-state index contributed by atoms with van der Waals surface area (Å²) in [6, 6.07) is 14.0. The van der Waals surface area contributed by atoms with Crippen molar-refractivity contribution in [3.63, 3.8) is 0 Å². The molecule has 2 rings (SSSR count). The fourth-order valence-corrected chi connectivity index (χ4v) is 2.05. The zero-order chi connectivity index (χ0) is 15.4. The molecular weight excluding hydrogens is 262 g/mol. The molecule has 2 unspecified atom stereocenters. The molecule has 21 heavy (non-hydrogen) atoms. The van der Waals surface area contributed by atoms with Gasteiger partial charge in [0.1, 0.15) is 5.75 Å². The zero-order valence-corrected chi connectivity index (χ0v) is 13.1. The molecule has 3 nitrogen and oxygen atoms in total. The number of hydrogen-bond acceptors (Lipinski definition) is 2. The van der Waals surface area contributed by atoms with Gasteiger partial charge < -0.3 is 10.1 Å². The Balaban J connectivity index is 2.11. The van der Waals surface area contributed by atoms with E-state index in [-0.39, 0.29) is 11.9 Å². The van der Waals surface area contributed by atoms with Gasteiger partial charge in [-0.2, -0.15) is 0 Å². The van der Waals surface area contributed by atoms with E-state index in [0.717, 1.165) is 16.5 Å². The summed E-state index contributed by atoms with van der Waals surface area (Å²) in [4.78, 5) is 12.2. The summed E-state index contributed by atoms with van der Waals surface area (Å²) in [6.45, 7) is 7.96. The van der Waals surface area contributed by atoms with Gasteiger partial charge in [-0.1, -0.05) is 50.2 Å². The van der Waals surface area contributed by atoms with Crippen molar-refractivity contribution in [1.82, 2.24) is 5.32 Å². The Hall–Kier alpha value is -2.03. The van der Waals surface area contributed by atoms with Crippen LogP contribution in [0.1, 0.15) is 27.7 Å². The quantitative estimate of drug-likeness (QED) is 0.908. The van der Waals surface area contributed by atoms with Gasteiger partial charge in [-0.3, -0.25) is 4.79 Å². The monoisotopic (exact) mass is 285 g/mol. The molecule has 0 heterocycles. The van der Waals surface area contributed by atoms with Crippen LogP contribution in [0, 0.1) is 5.92 Å². The second-order valence-electron chi connectivity index (χ2n) is 5.78. The minimum absolute atomic E-state index is 0.0795. The molecular formula is C18H23NO2. The predicted octanol–water partition coefficient (Wildman–Crippen LogP) is 3.77. The summed E-state index contributed by atoms with van der Waals surface area (Å²) in [7, 11) is 0. The van der Waals surface area contributed by atoms with Crippen LogP contribution >= 0.6 is 0 Å². The molecule has 0 saturated heterocycles. The van der Waals surface area contributed by atoms with Gasteiger partial charge in [-0.15, -0.1) is 0 Å². The van der Waals surface area contributed by atoms with Crippen molar-refractivity contribution in [2.75, 3.05) is 0 Å². The van der Waals surface area contributed by atoms with Gasteiger partial charge in [-0.25, -0.2) is 0 Å². The normalized spacial score (nSPS) is 14.0. The van der Waals surface area contributed by atoms with E-state index >= 15 is 0 Å². The van der Waals surface area contributed by atoms with Crippen LogP contribution in [0.3, 0.4) is 0 Å². The molecule has 0 fully saturated rings. The van der Waals surface area contributed by atoms with Gasteiger partial charge in [0.05, 0.1) is 0 Å². The Kier molecular flexibility index (Phi) is 4.84. The van der Waals surface area contributed by atoms with E-state index in [1.54, 1.807) is 6.92 Å². The van der Waals surface area contributed by atoms with Crippen molar-refractivity contribution >= 4 is 16.7 Å². The van der Waals surface area contributed by atoms with Crippen molar-refractivity contribution in [2.24, 2.45) is 5.92 Å². The van der Waals surface area contributed by atoms with Crippen molar-refractivity contribution in [1.29, 1.82) is 0 Å². The third-order valence-corrected chi connectivity index (χ3v) is 3.79. The number of rotatable bonds is 5. The Labute approximate surface area is 126 Å². The van der Waals surface area contributed by atoms with E-state index in [0.29, 0.717) is 5.92 Å². The number of carbonyl (C=O) groups excluding carboxylic acids is 1. The van der Waals surface area contributed by atoms with Gasteiger partial charge in [0.2, 0.25) is 0 Å². The average Bonchev–Trinajstić information content (AvgIpc) is 2.47. The highest BCUT2D eigenvalue weighted by atomic mass is 16.5. The number of benzene rings is 2. The number of carbonyl (C=O) groups is 1. The molecule has 2 aromatic rings. The fraction of sp³-hybridized carbons (Fsp3) is 0.389. The van der Waals surface area contributed by atoms with Crippen molar-refractivity contribution in [3.8, 4) is 5.75 Å². The highest BCUT2D eigenvalue weighted by molar-refractivity contribution is 5.89. The molecule has 112 valence electrons. The first-order valence-corrected chi connectivity index (χ1v) is 7.44.